The molecule has 1 amide bonds. The number of nitrogens with two attached hydrogens (primary N) is 1. The largest absolute Gasteiger partial charge is 0.507 e. The number of rotatable bonds is 7. The van der Waals surface area contributed by atoms with E-state index in [4.69, 9.17) is 22.4 Å². The maximum absolute atomic E-state index is 12.1. The van der Waals surface area contributed by atoms with Crippen LogP contribution in [0.5, 0.6) is 5.75 Å². The second-order valence-corrected chi connectivity index (χ2v) is 5.80. The highest BCUT2D eigenvalue weighted by Gasteiger charge is 2.18. The first-order valence-corrected chi connectivity index (χ1v) is 8.10. The lowest BCUT2D eigenvalue weighted by Crippen LogP contribution is -2.11. The molecule has 0 radical (unpaired) electrons. The zero-order valence-corrected chi connectivity index (χ0v) is 14.7. The third-order valence-corrected chi connectivity index (χ3v) is 3.75. The summed E-state index contributed by atoms with van der Waals surface area (Å²) in [6.45, 7) is -0.107. The number of aliphatic hydroxyl groups is 1. The zero-order chi connectivity index (χ0) is 20.0. The van der Waals surface area contributed by atoms with E-state index in [0.29, 0.717) is 11.3 Å². The van der Waals surface area contributed by atoms with E-state index in [1.807, 2.05) is 0 Å². The molecule has 0 bridgehead atoms. The van der Waals surface area contributed by atoms with E-state index in [2.05, 4.69) is 10.6 Å². The Balaban J connectivity index is 2.21. The molecule has 0 spiro atoms. The Morgan fingerprint density at radius 3 is 2.70 bits per heavy atom. The summed E-state index contributed by atoms with van der Waals surface area (Å²) in [5.41, 5.74) is 6.24. The van der Waals surface area contributed by atoms with Gasteiger partial charge in [-0.3, -0.25) is 14.9 Å². The molecular formula is C17H17ClN4O5. The summed E-state index contributed by atoms with van der Waals surface area (Å²) in [6.07, 6.45) is 2.48. The number of benzene rings is 2. The van der Waals surface area contributed by atoms with Crippen molar-refractivity contribution in [3.8, 4) is 5.75 Å². The van der Waals surface area contributed by atoms with Crippen molar-refractivity contribution in [2.45, 2.75) is 0 Å². The molecule has 9 nitrogen and oxygen atoms in total. The number of nitrogen functional groups attached to an aromatic ring is 1. The van der Waals surface area contributed by atoms with Crippen LogP contribution in [0.25, 0.3) is 6.08 Å². The van der Waals surface area contributed by atoms with Crippen molar-refractivity contribution >= 4 is 46.3 Å². The number of phenols is 1. The summed E-state index contributed by atoms with van der Waals surface area (Å²) >= 11 is 6.07. The number of nitrogens with zero attached hydrogens (tertiary/aromatic N) is 1. The number of nitro benzene ring substituents is 1. The lowest BCUT2D eigenvalue weighted by Gasteiger charge is -2.10. The molecule has 0 unspecified atom stereocenters. The van der Waals surface area contributed by atoms with Crippen LogP contribution < -0.4 is 16.4 Å². The predicted octanol–water partition coefficient (Wildman–Crippen LogP) is 2.59. The van der Waals surface area contributed by atoms with Gasteiger partial charge in [0.05, 0.1) is 22.2 Å². The van der Waals surface area contributed by atoms with Gasteiger partial charge in [-0.15, -0.1) is 0 Å². The third-order valence-electron chi connectivity index (χ3n) is 3.43. The smallest absolute Gasteiger partial charge is 0.294 e. The van der Waals surface area contributed by atoms with Crippen LogP contribution in [0.4, 0.5) is 22.7 Å². The van der Waals surface area contributed by atoms with Gasteiger partial charge in [-0.05, 0) is 30.3 Å². The first-order chi connectivity index (χ1) is 12.8. The summed E-state index contributed by atoms with van der Waals surface area (Å²) < 4.78 is 0. The minimum atomic E-state index is -0.633. The Bertz CT molecular complexity index is 901. The van der Waals surface area contributed by atoms with Crippen LogP contribution in [-0.4, -0.2) is 34.2 Å². The molecule has 0 aliphatic heterocycles. The van der Waals surface area contributed by atoms with Crippen LogP contribution in [0, 0.1) is 10.1 Å². The molecule has 6 N–H and O–H groups in total. The number of anilines is 3. The number of nitro groups is 1. The standard InChI is InChI=1S/C17H17ClN4O5/c18-12-8-14(20-5-6-23)15(22(26)27)9-13(12)21-17(25)4-1-10-7-11(19)2-3-16(10)24/h1-4,7-9,20,23-24H,5-6,19H2,(H,21,25)/b4-1+. The molecule has 27 heavy (non-hydrogen) atoms. The third kappa shape index (κ3) is 5.33. The number of hydrogen-bond donors (Lipinski definition) is 5. The number of hydrogen-bond acceptors (Lipinski definition) is 7. The first-order valence-electron chi connectivity index (χ1n) is 7.72. The van der Waals surface area contributed by atoms with Crippen LogP contribution in [0.3, 0.4) is 0 Å². The number of halogens is 1. The molecule has 0 aliphatic rings. The first kappa shape index (κ1) is 20.0. The Hall–Kier alpha value is -3.30. The van der Waals surface area contributed by atoms with Crippen LogP contribution in [0.15, 0.2) is 36.4 Å². The van der Waals surface area contributed by atoms with Gasteiger partial charge in [0.1, 0.15) is 11.4 Å². The maximum atomic E-state index is 12.1. The van der Waals surface area contributed by atoms with Crippen molar-refractivity contribution in [2.24, 2.45) is 0 Å². The highest BCUT2D eigenvalue weighted by atomic mass is 35.5. The fourth-order valence-electron chi connectivity index (χ4n) is 2.19. The van der Waals surface area contributed by atoms with E-state index in [1.165, 1.54) is 30.3 Å². The van der Waals surface area contributed by atoms with Crippen molar-refractivity contribution in [3.05, 3.63) is 57.1 Å². The van der Waals surface area contributed by atoms with Crippen molar-refractivity contribution in [1.29, 1.82) is 0 Å². The molecule has 0 aromatic heterocycles. The average Bonchev–Trinajstić information content (AvgIpc) is 2.62. The molecular weight excluding hydrogens is 376 g/mol. The lowest BCUT2D eigenvalue weighted by molar-refractivity contribution is -0.383. The van der Waals surface area contributed by atoms with E-state index in [0.717, 1.165) is 12.1 Å². The van der Waals surface area contributed by atoms with Crippen molar-refractivity contribution < 1.29 is 19.9 Å². The molecule has 2 aromatic rings. The van der Waals surface area contributed by atoms with Gasteiger partial charge in [0, 0.05) is 29.9 Å². The number of carbonyl (C=O) groups is 1. The summed E-state index contributed by atoms with van der Waals surface area (Å²) in [6, 6.07) is 6.80. The molecule has 142 valence electrons. The van der Waals surface area contributed by atoms with Gasteiger partial charge >= 0.3 is 0 Å². The van der Waals surface area contributed by atoms with E-state index in [9.17, 15) is 20.0 Å². The van der Waals surface area contributed by atoms with Gasteiger partial charge in [-0.1, -0.05) is 11.6 Å². The minimum Gasteiger partial charge on any atom is -0.507 e. The van der Waals surface area contributed by atoms with E-state index in [1.54, 1.807) is 0 Å². The van der Waals surface area contributed by atoms with Crippen molar-refractivity contribution in [1.82, 2.24) is 0 Å². The number of nitrogens with one attached hydrogen (secondary N) is 2. The number of amides is 1. The fraction of sp³-hybridized carbons (Fsp3) is 0.118. The van der Waals surface area contributed by atoms with Crippen LogP contribution >= 0.6 is 11.6 Å². The zero-order valence-electron chi connectivity index (χ0n) is 14.0. The lowest BCUT2D eigenvalue weighted by atomic mass is 10.1. The quantitative estimate of drug-likeness (QED) is 0.160. The van der Waals surface area contributed by atoms with Gasteiger partial charge < -0.3 is 26.6 Å². The summed E-state index contributed by atoms with van der Waals surface area (Å²) in [4.78, 5) is 22.7. The van der Waals surface area contributed by atoms with E-state index in [-0.39, 0.29) is 41.0 Å². The van der Waals surface area contributed by atoms with Crippen LogP contribution in [0.1, 0.15) is 5.56 Å². The molecule has 2 aromatic carbocycles. The number of carbonyl (C=O) groups excluding carboxylic acids is 1. The number of phenolic OH excluding ortho intramolecular Hbond substituents is 1. The van der Waals surface area contributed by atoms with E-state index >= 15 is 0 Å². The topological polar surface area (TPSA) is 151 Å². The molecule has 0 atom stereocenters. The molecule has 2 rings (SSSR count). The average molecular weight is 393 g/mol. The van der Waals surface area contributed by atoms with Gasteiger partial charge in [-0.2, -0.15) is 0 Å². The highest BCUT2D eigenvalue weighted by molar-refractivity contribution is 6.34. The molecule has 0 saturated heterocycles. The summed E-state index contributed by atoms with van der Waals surface area (Å²) in [5, 5.41) is 35.0. The molecule has 0 saturated carbocycles. The second kappa shape index (κ2) is 8.88. The van der Waals surface area contributed by atoms with Gasteiger partial charge in [0.2, 0.25) is 5.91 Å². The van der Waals surface area contributed by atoms with E-state index < -0.39 is 10.8 Å². The Morgan fingerprint density at radius 1 is 1.30 bits per heavy atom. The van der Waals surface area contributed by atoms with Crippen molar-refractivity contribution in [3.63, 3.8) is 0 Å². The molecule has 0 aliphatic carbocycles. The number of aromatic hydroxyl groups is 1. The predicted molar refractivity (Wildman–Crippen MR) is 104 cm³/mol. The Kier molecular flexibility index (Phi) is 6.58. The van der Waals surface area contributed by atoms with Crippen molar-refractivity contribution in [2.75, 3.05) is 29.5 Å². The number of aliphatic hydroxyl groups excluding tert-OH is 1. The molecule has 0 heterocycles. The maximum Gasteiger partial charge on any atom is 0.294 e. The molecule has 10 heteroatoms. The Morgan fingerprint density at radius 2 is 2.04 bits per heavy atom. The van der Waals surface area contributed by atoms with Gasteiger partial charge in [0.15, 0.2) is 0 Å². The van der Waals surface area contributed by atoms with Crippen LogP contribution in [0.2, 0.25) is 5.02 Å². The second-order valence-electron chi connectivity index (χ2n) is 5.40. The Labute approximate surface area is 159 Å². The summed E-state index contributed by atoms with van der Waals surface area (Å²) in [5.74, 6) is -0.662. The monoisotopic (exact) mass is 392 g/mol. The van der Waals surface area contributed by atoms with Crippen LogP contribution in [-0.2, 0) is 4.79 Å². The fourth-order valence-corrected chi connectivity index (χ4v) is 2.40. The van der Waals surface area contributed by atoms with Gasteiger partial charge in [0.25, 0.3) is 5.69 Å². The van der Waals surface area contributed by atoms with Gasteiger partial charge in [-0.25, -0.2) is 0 Å². The highest BCUT2D eigenvalue weighted by Crippen LogP contribution is 2.34. The minimum absolute atomic E-state index is 0.0457. The molecule has 0 fully saturated rings. The summed E-state index contributed by atoms with van der Waals surface area (Å²) in [7, 11) is 0. The SMILES string of the molecule is Nc1ccc(O)c(/C=C/C(=O)Nc2cc([N+](=O)[O-])c(NCCO)cc2Cl)c1. The normalized spacial score (nSPS) is 10.7.